The molecule has 0 amide bonds. The van der Waals surface area contributed by atoms with Gasteiger partial charge in [0.25, 0.3) is 0 Å². The lowest BCUT2D eigenvalue weighted by Gasteiger charge is -2.10. The average Bonchev–Trinajstić information content (AvgIpc) is 3.18. The lowest BCUT2D eigenvalue weighted by atomic mass is 10.3. The van der Waals surface area contributed by atoms with Crippen molar-refractivity contribution in [3.63, 3.8) is 0 Å². The Bertz CT molecular complexity index is 607. The molecule has 0 aliphatic rings. The Hall–Kier alpha value is -0.670. The van der Waals surface area contributed by atoms with Crippen molar-refractivity contribution >= 4 is 52.6 Å². The van der Waals surface area contributed by atoms with Crippen LogP contribution in [0.4, 0.5) is 0 Å². The maximum absolute atomic E-state index is 4.62. The smallest absolute Gasteiger partial charge is 0.191 e. The molecule has 2 aromatic heterocycles. The first-order valence-electron chi connectivity index (χ1n) is 7.78. The van der Waals surface area contributed by atoms with E-state index < -0.39 is 0 Å². The quantitative estimate of drug-likeness (QED) is 0.367. The molecule has 4 nitrogen and oxygen atoms in total. The van der Waals surface area contributed by atoms with Gasteiger partial charge in [-0.05, 0) is 31.9 Å². The molecule has 2 heterocycles. The zero-order chi connectivity index (χ0) is 15.8. The average molecular weight is 464 g/mol. The fourth-order valence-electron chi connectivity index (χ4n) is 1.96. The van der Waals surface area contributed by atoms with Crippen molar-refractivity contribution in [3.05, 3.63) is 38.0 Å². The summed E-state index contributed by atoms with van der Waals surface area (Å²) >= 11 is 3.57. The van der Waals surface area contributed by atoms with Crippen LogP contribution < -0.4 is 10.6 Å². The zero-order valence-electron chi connectivity index (χ0n) is 13.9. The second kappa shape index (κ2) is 11.0. The van der Waals surface area contributed by atoms with E-state index in [9.17, 15) is 0 Å². The number of aromatic nitrogens is 1. The molecular formula is C16H25IN4S2. The van der Waals surface area contributed by atoms with E-state index in [2.05, 4.69) is 58.9 Å². The Balaban J connectivity index is 0.00000264. The number of hydrogen-bond donors (Lipinski definition) is 2. The standard InChI is InChI=1S/C16H24N4S2.HI/c1-4-13-7-8-14(22-13)10-19-16(17-6-3)18-9-12-11-21-15(5-2)20-12;/h7-8,11H,4-6,9-10H2,1-3H3,(H2,17,18,19);1H. The van der Waals surface area contributed by atoms with E-state index in [4.69, 9.17) is 0 Å². The number of aliphatic imine (C=N–C) groups is 1. The van der Waals surface area contributed by atoms with Crippen LogP contribution in [-0.4, -0.2) is 17.5 Å². The Morgan fingerprint density at radius 1 is 1.13 bits per heavy atom. The highest BCUT2D eigenvalue weighted by Crippen LogP contribution is 2.16. The maximum atomic E-state index is 4.62. The number of thiophene rings is 1. The summed E-state index contributed by atoms with van der Waals surface area (Å²) in [5.74, 6) is 0.847. The third-order valence-corrected chi connectivity index (χ3v) is 5.41. The molecule has 128 valence electrons. The Kier molecular flexibility index (Phi) is 9.73. The summed E-state index contributed by atoms with van der Waals surface area (Å²) < 4.78 is 0. The fraction of sp³-hybridized carbons (Fsp3) is 0.500. The lowest BCUT2D eigenvalue weighted by molar-refractivity contribution is 0.819. The number of hydrogen-bond acceptors (Lipinski definition) is 4. The number of thiazole rings is 1. The number of guanidine groups is 1. The van der Waals surface area contributed by atoms with Gasteiger partial charge in [0.2, 0.25) is 0 Å². The van der Waals surface area contributed by atoms with E-state index in [1.807, 2.05) is 11.3 Å². The van der Waals surface area contributed by atoms with E-state index in [1.165, 1.54) is 14.8 Å². The molecule has 0 saturated carbocycles. The summed E-state index contributed by atoms with van der Waals surface area (Å²) in [6.45, 7) is 8.68. The molecule has 0 fully saturated rings. The molecule has 2 N–H and O–H groups in total. The predicted molar refractivity (Wildman–Crippen MR) is 112 cm³/mol. The minimum absolute atomic E-state index is 0. The first-order valence-corrected chi connectivity index (χ1v) is 9.47. The summed E-state index contributed by atoms with van der Waals surface area (Å²) in [6, 6.07) is 4.39. The molecule has 0 saturated heterocycles. The van der Waals surface area contributed by atoms with Gasteiger partial charge in [-0.15, -0.1) is 46.7 Å². The number of rotatable bonds is 7. The Morgan fingerprint density at radius 2 is 1.91 bits per heavy atom. The van der Waals surface area contributed by atoms with Crippen molar-refractivity contribution in [1.29, 1.82) is 0 Å². The molecule has 2 rings (SSSR count). The van der Waals surface area contributed by atoms with Gasteiger partial charge in [0.1, 0.15) is 0 Å². The molecule has 0 aromatic carbocycles. The van der Waals surface area contributed by atoms with Gasteiger partial charge in [0, 0.05) is 21.7 Å². The number of nitrogens with zero attached hydrogens (tertiary/aromatic N) is 2. The molecule has 0 radical (unpaired) electrons. The first-order chi connectivity index (χ1) is 10.7. The molecule has 7 heteroatoms. The first kappa shape index (κ1) is 20.4. The Labute approximate surface area is 163 Å². The van der Waals surface area contributed by atoms with Crippen molar-refractivity contribution in [3.8, 4) is 0 Å². The second-order valence-corrected chi connectivity index (χ2v) is 7.05. The zero-order valence-corrected chi connectivity index (χ0v) is 17.9. The van der Waals surface area contributed by atoms with Crippen LogP contribution in [0.1, 0.15) is 41.2 Å². The minimum atomic E-state index is 0. The molecule has 23 heavy (non-hydrogen) atoms. The van der Waals surface area contributed by atoms with Crippen molar-refractivity contribution in [2.24, 2.45) is 4.99 Å². The van der Waals surface area contributed by atoms with Crippen molar-refractivity contribution in [2.45, 2.75) is 46.7 Å². The molecule has 0 unspecified atom stereocenters. The van der Waals surface area contributed by atoms with E-state index in [0.29, 0.717) is 6.54 Å². The van der Waals surface area contributed by atoms with Gasteiger partial charge in [-0.25, -0.2) is 9.98 Å². The van der Waals surface area contributed by atoms with Crippen molar-refractivity contribution in [1.82, 2.24) is 15.6 Å². The van der Waals surface area contributed by atoms with Crippen LogP contribution in [0, 0.1) is 0 Å². The number of halogens is 1. The molecule has 0 aliphatic carbocycles. The van der Waals surface area contributed by atoms with Crippen LogP contribution in [0.2, 0.25) is 0 Å². The second-order valence-electron chi connectivity index (χ2n) is 4.86. The van der Waals surface area contributed by atoms with Crippen LogP contribution in [0.15, 0.2) is 22.5 Å². The summed E-state index contributed by atoms with van der Waals surface area (Å²) in [7, 11) is 0. The predicted octanol–water partition coefficient (Wildman–Crippen LogP) is 4.20. The molecule has 0 spiro atoms. The van der Waals surface area contributed by atoms with Crippen LogP contribution in [0.25, 0.3) is 0 Å². The summed E-state index contributed by atoms with van der Waals surface area (Å²) in [6.07, 6.45) is 2.09. The molecule has 0 bridgehead atoms. The Morgan fingerprint density at radius 3 is 2.52 bits per heavy atom. The summed E-state index contributed by atoms with van der Waals surface area (Å²) in [5, 5.41) is 9.94. The van der Waals surface area contributed by atoms with Gasteiger partial charge in [0.15, 0.2) is 5.96 Å². The number of nitrogens with one attached hydrogen (secondary N) is 2. The molecular weight excluding hydrogens is 439 g/mol. The molecule has 0 atom stereocenters. The third kappa shape index (κ3) is 6.76. The van der Waals surface area contributed by atoms with Crippen LogP contribution in [0.3, 0.4) is 0 Å². The van der Waals surface area contributed by atoms with Gasteiger partial charge < -0.3 is 10.6 Å². The van der Waals surface area contributed by atoms with Gasteiger partial charge >= 0.3 is 0 Å². The topological polar surface area (TPSA) is 49.3 Å². The molecule has 0 aliphatic heterocycles. The summed E-state index contributed by atoms with van der Waals surface area (Å²) in [4.78, 5) is 11.9. The van der Waals surface area contributed by atoms with Gasteiger partial charge in [-0.1, -0.05) is 13.8 Å². The van der Waals surface area contributed by atoms with E-state index in [1.54, 1.807) is 11.3 Å². The van der Waals surface area contributed by atoms with Crippen LogP contribution >= 0.6 is 46.7 Å². The largest absolute Gasteiger partial charge is 0.357 e. The maximum Gasteiger partial charge on any atom is 0.191 e. The van der Waals surface area contributed by atoms with Crippen LogP contribution in [-0.2, 0) is 25.9 Å². The number of aryl methyl sites for hydroxylation is 2. The van der Waals surface area contributed by atoms with Gasteiger partial charge in [-0.3, -0.25) is 0 Å². The van der Waals surface area contributed by atoms with Crippen LogP contribution in [0.5, 0.6) is 0 Å². The minimum Gasteiger partial charge on any atom is -0.357 e. The highest BCUT2D eigenvalue weighted by Gasteiger charge is 2.03. The van der Waals surface area contributed by atoms with E-state index >= 15 is 0 Å². The SMILES string of the molecule is CCNC(=NCc1csc(CC)n1)NCc1ccc(CC)s1.I. The summed E-state index contributed by atoms with van der Waals surface area (Å²) in [5.41, 5.74) is 1.04. The molecule has 2 aromatic rings. The van der Waals surface area contributed by atoms with Crippen molar-refractivity contribution in [2.75, 3.05) is 6.54 Å². The normalized spacial score (nSPS) is 11.2. The van der Waals surface area contributed by atoms with Gasteiger partial charge in [0.05, 0.1) is 23.8 Å². The lowest BCUT2D eigenvalue weighted by Crippen LogP contribution is -2.36. The van der Waals surface area contributed by atoms with E-state index in [0.717, 1.165) is 37.6 Å². The van der Waals surface area contributed by atoms with Crippen molar-refractivity contribution < 1.29 is 0 Å². The van der Waals surface area contributed by atoms with Gasteiger partial charge in [-0.2, -0.15) is 0 Å². The van der Waals surface area contributed by atoms with E-state index in [-0.39, 0.29) is 24.0 Å². The highest BCUT2D eigenvalue weighted by molar-refractivity contribution is 14.0. The highest BCUT2D eigenvalue weighted by atomic mass is 127. The monoisotopic (exact) mass is 464 g/mol. The fourth-order valence-corrected chi connectivity index (χ4v) is 3.60. The third-order valence-electron chi connectivity index (χ3n) is 3.14.